The number of unbranched alkanes of at least 4 members (excludes halogenated alkanes) is 1. The Bertz CT molecular complexity index is 332. The fourth-order valence-corrected chi connectivity index (χ4v) is 1.27. The van der Waals surface area contributed by atoms with Crippen LogP contribution in [0.3, 0.4) is 0 Å². The zero-order valence-corrected chi connectivity index (χ0v) is 8.79. The molecular formula is C10H17N3O. The monoisotopic (exact) mass is 195 g/mol. The fourth-order valence-electron chi connectivity index (χ4n) is 1.27. The van der Waals surface area contributed by atoms with Gasteiger partial charge in [-0.1, -0.05) is 0 Å². The highest BCUT2D eigenvalue weighted by Gasteiger charge is 1.96. The molecule has 0 atom stereocenters. The molecule has 78 valence electrons. The summed E-state index contributed by atoms with van der Waals surface area (Å²) in [4.78, 5) is 15.5. The molecule has 4 nitrogen and oxygen atoms in total. The maximum atomic E-state index is 11.4. The van der Waals surface area contributed by atoms with Crippen LogP contribution >= 0.6 is 0 Å². The Kier molecular flexibility index (Phi) is 4.32. The predicted octanol–water partition coefficient (Wildman–Crippen LogP) is 0.551. The van der Waals surface area contributed by atoms with Crippen LogP contribution in [0, 0.1) is 6.92 Å². The number of hydrogen-bond acceptors (Lipinski definition) is 3. The van der Waals surface area contributed by atoms with Crippen LogP contribution in [0.1, 0.15) is 18.5 Å². The molecule has 0 aliphatic carbocycles. The molecule has 1 N–H and O–H groups in total. The molecule has 14 heavy (non-hydrogen) atoms. The maximum Gasteiger partial charge on any atom is 0.253 e. The Morgan fingerprint density at radius 3 is 2.93 bits per heavy atom. The van der Waals surface area contributed by atoms with Gasteiger partial charge in [0.1, 0.15) is 0 Å². The van der Waals surface area contributed by atoms with E-state index in [-0.39, 0.29) is 5.56 Å². The molecule has 0 spiro atoms. The van der Waals surface area contributed by atoms with Gasteiger partial charge in [0.15, 0.2) is 0 Å². The van der Waals surface area contributed by atoms with Crippen molar-refractivity contribution in [3.05, 3.63) is 28.4 Å². The van der Waals surface area contributed by atoms with Gasteiger partial charge in [-0.2, -0.15) is 0 Å². The third-order valence-corrected chi connectivity index (χ3v) is 2.09. The van der Waals surface area contributed by atoms with E-state index in [9.17, 15) is 4.79 Å². The SMILES string of the molecule is CNCCCCn1cnc(C)cc1=O. The highest BCUT2D eigenvalue weighted by molar-refractivity contribution is 4.95. The summed E-state index contributed by atoms with van der Waals surface area (Å²) in [6.45, 7) is 3.58. The van der Waals surface area contributed by atoms with Crippen molar-refractivity contribution in [1.82, 2.24) is 14.9 Å². The van der Waals surface area contributed by atoms with Gasteiger partial charge in [0.2, 0.25) is 0 Å². The van der Waals surface area contributed by atoms with Gasteiger partial charge in [0, 0.05) is 18.3 Å². The van der Waals surface area contributed by atoms with Crippen molar-refractivity contribution in [3.8, 4) is 0 Å². The van der Waals surface area contributed by atoms with Crippen LogP contribution in [0.5, 0.6) is 0 Å². The van der Waals surface area contributed by atoms with Crippen LogP contribution < -0.4 is 10.9 Å². The third-order valence-electron chi connectivity index (χ3n) is 2.09. The van der Waals surface area contributed by atoms with E-state index in [0.717, 1.165) is 31.6 Å². The van der Waals surface area contributed by atoms with Gasteiger partial charge in [0.25, 0.3) is 5.56 Å². The van der Waals surface area contributed by atoms with Gasteiger partial charge < -0.3 is 5.32 Å². The minimum atomic E-state index is 0.0435. The summed E-state index contributed by atoms with van der Waals surface area (Å²) in [7, 11) is 1.93. The highest BCUT2D eigenvalue weighted by Crippen LogP contribution is 1.91. The summed E-state index contributed by atoms with van der Waals surface area (Å²) in [6.07, 6.45) is 3.71. The topological polar surface area (TPSA) is 46.9 Å². The Morgan fingerprint density at radius 1 is 1.50 bits per heavy atom. The normalized spacial score (nSPS) is 10.4. The lowest BCUT2D eigenvalue weighted by Gasteiger charge is -2.04. The average Bonchev–Trinajstić information content (AvgIpc) is 2.15. The van der Waals surface area contributed by atoms with Crippen LogP contribution in [0.25, 0.3) is 0 Å². The Labute approximate surface area is 84.0 Å². The van der Waals surface area contributed by atoms with E-state index in [0.29, 0.717) is 0 Å². The molecule has 1 heterocycles. The van der Waals surface area contributed by atoms with Crippen molar-refractivity contribution >= 4 is 0 Å². The third kappa shape index (κ3) is 3.30. The molecule has 0 aliphatic heterocycles. The second kappa shape index (κ2) is 5.54. The lowest BCUT2D eigenvalue weighted by molar-refractivity contribution is 0.570. The molecule has 0 fully saturated rings. The van der Waals surface area contributed by atoms with Crippen molar-refractivity contribution in [3.63, 3.8) is 0 Å². The Balaban J connectivity index is 2.47. The summed E-state index contributed by atoms with van der Waals surface area (Å²) in [5.74, 6) is 0. The highest BCUT2D eigenvalue weighted by atomic mass is 16.1. The quantitative estimate of drug-likeness (QED) is 0.698. The van der Waals surface area contributed by atoms with E-state index in [4.69, 9.17) is 0 Å². The number of aryl methyl sites for hydroxylation is 2. The summed E-state index contributed by atoms with van der Waals surface area (Å²) in [6, 6.07) is 1.57. The van der Waals surface area contributed by atoms with E-state index in [1.54, 1.807) is 17.0 Å². The molecule has 0 aromatic carbocycles. The molecule has 1 aromatic heterocycles. The van der Waals surface area contributed by atoms with E-state index in [1.165, 1.54) is 0 Å². The molecule has 0 bridgehead atoms. The van der Waals surface area contributed by atoms with E-state index in [1.807, 2.05) is 14.0 Å². The van der Waals surface area contributed by atoms with Crippen LogP contribution in [0.4, 0.5) is 0 Å². The summed E-state index contributed by atoms with van der Waals surface area (Å²) in [5, 5.41) is 3.07. The summed E-state index contributed by atoms with van der Waals surface area (Å²) < 4.78 is 1.66. The van der Waals surface area contributed by atoms with E-state index >= 15 is 0 Å². The molecule has 0 saturated carbocycles. The molecule has 1 aromatic rings. The van der Waals surface area contributed by atoms with Crippen molar-refractivity contribution in [2.24, 2.45) is 0 Å². The van der Waals surface area contributed by atoms with Gasteiger partial charge in [-0.3, -0.25) is 9.36 Å². The summed E-state index contributed by atoms with van der Waals surface area (Å²) in [5.41, 5.74) is 0.823. The zero-order valence-electron chi connectivity index (χ0n) is 8.79. The minimum absolute atomic E-state index is 0.0435. The molecule has 0 saturated heterocycles. The molecule has 0 amide bonds. The Morgan fingerprint density at radius 2 is 2.29 bits per heavy atom. The van der Waals surface area contributed by atoms with Crippen LogP contribution in [-0.4, -0.2) is 23.1 Å². The van der Waals surface area contributed by atoms with Crippen LogP contribution in [0.2, 0.25) is 0 Å². The molecular weight excluding hydrogens is 178 g/mol. The lowest BCUT2D eigenvalue weighted by atomic mass is 10.3. The largest absolute Gasteiger partial charge is 0.320 e. The number of rotatable bonds is 5. The number of aromatic nitrogens is 2. The predicted molar refractivity (Wildman–Crippen MR) is 56.4 cm³/mol. The van der Waals surface area contributed by atoms with E-state index < -0.39 is 0 Å². The van der Waals surface area contributed by atoms with Gasteiger partial charge in [0.05, 0.1) is 6.33 Å². The number of hydrogen-bond donors (Lipinski definition) is 1. The first kappa shape index (κ1) is 10.9. The average molecular weight is 195 g/mol. The van der Waals surface area contributed by atoms with E-state index in [2.05, 4.69) is 10.3 Å². The van der Waals surface area contributed by atoms with Gasteiger partial charge >= 0.3 is 0 Å². The Hall–Kier alpha value is -1.16. The maximum absolute atomic E-state index is 11.4. The van der Waals surface area contributed by atoms with Crippen molar-refractivity contribution in [1.29, 1.82) is 0 Å². The molecule has 0 aliphatic rings. The minimum Gasteiger partial charge on any atom is -0.320 e. The molecule has 4 heteroatoms. The number of nitrogens with one attached hydrogen (secondary N) is 1. The van der Waals surface area contributed by atoms with Crippen LogP contribution in [-0.2, 0) is 6.54 Å². The standard InChI is InChI=1S/C10H17N3O/c1-9-7-10(14)13(8-12-9)6-4-3-5-11-2/h7-8,11H,3-6H2,1-2H3. The van der Waals surface area contributed by atoms with Crippen molar-refractivity contribution in [2.45, 2.75) is 26.3 Å². The lowest BCUT2D eigenvalue weighted by Crippen LogP contribution is -2.20. The number of nitrogens with zero attached hydrogens (tertiary/aromatic N) is 2. The van der Waals surface area contributed by atoms with Crippen molar-refractivity contribution in [2.75, 3.05) is 13.6 Å². The summed E-state index contributed by atoms with van der Waals surface area (Å²) >= 11 is 0. The first-order chi connectivity index (χ1) is 6.74. The van der Waals surface area contributed by atoms with Gasteiger partial charge in [-0.25, -0.2) is 4.98 Å². The molecule has 0 radical (unpaired) electrons. The van der Waals surface area contributed by atoms with Gasteiger partial charge in [-0.05, 0) is 33.4 Å². The first-order valence-corrected chi connectivity index (χ1v) is 4.91. The second-order valence-electron chi connectivity index (χ2n) is 3.37. The molecule has 0 unspecified atom stereocenters. The van der Waals surface area contributed by atoms with Crippen LogP contribution in [0.15, 0.2) is 17.2 Å². The second-order valence-corrected chi connectivity index (χ2v) is 3.37. The zero-order chi connectivity index (χ0) is 10.4. The fraction of sp³-hybridized carbons (Fsp3) is 0.600. The molecule has 1 rings (SSSR count). The first-order valence-electron chi connectivity index (χ1n) is 4.91. The van der Waals surface area contributed by atoms with Gasteiger partial charge in [-0.15, -0.1) is 0 Å². The van der Waals surface area contributed by atoms with Crippen molar-refractivity contribution < 1.29 is 0 Å². The smallest absolute Gasteiger partial charge is 0.253 e.